The van der Waals surface area contributed by atoms with E-state index in [4.69, 9.17) is 15.8 Å². The minimum Gasteiger partial charge on any atom is -0.398 e. The average Bonchev–Trinajstić information content (AvgIpc) is 3.15. The van der Waals surface area contributed by atoms with Gasteiger partial charge < -0.3 is 15.5 Å². The number of carbonyl (C=O) groups excluding carboxylic acids is 1. The van der Waals surface area contributed by atoms with Crippen molar-refractivity contribution < 1.29 is 4.79 Å². The highest BCUT2D eigenvalue weighted by Crippen LogP contribution is 2.33. The highest BCUT2D eigenvalue weighted by atomic mass is 16.2. The van der Waals surface area contributed by atoms with Crippen LogP contribution in [0.25, 0.3) is 5.65 Å². The minimum absolute atomic E-state index is 0.00939. The Hall–Kier alpha value is -3.09. The van der Waals surface area contributed by atoms with Crippen LogP contribution in [0.4, 0.5) is 11.5 Å². The monoisotopic (exact) mass is 420 g/mol. The fourth-order valence-corrected chi connectivity index (χ4v) is 4.62. The number of rotatable bonds is 5. The molecule has 1 amide bonds. The summed E-state index contributed by atoms with van der Waals surface area (Å²) >= 11 is 0. The molecule has 0 radical (unpaired) electrons. The zero-order chi connectivity index (χ0) is 22.1. The summed E-state index contributed by atoms with van der Waals surface area (Å²) in [6.45, 7) is 7.83. The molecule has 0 saturated carbocycles. The fourth-order valence-electron chi connectivity index (χ4n) is 4.62. The number of nitrogen functional groups attached to an aromatic ring is 1. The molecule has 1 aliphatic rings. The summed E-state index contributed by atoms with van der Waals surface area (Å²) in [4.78, 5) is 22.5. The first-order valence-electron chi connectivity index (χ1n) is 11.1. The molecule has 1 aliphatic heterocycles. The Morgan fingerprint density at radius 2 is 2.06 bits per heavy atom. The van der Waals surface area contributed by atoms with Crippen LogP contribution in [0.5, 0.6) is 0 Å². The number of amides is 1. The van der Waals surface area contributed by atoms with E-state index in [1.807, 2.05) is 40.7 Å². The van der Waals surface area contributed by atoms with Gasteiger partial charge in [-0.1, -0.05) is 19.1 Å². The lowest BCUT2D eigenvalue weighted by atomic mass is 9.96. The highest BCUT2D eigenvalue weighted by Gasteiger charge is 2.32. The van der Waals surface area contributed by atoms with Gasteiger partial charge in [0.05, 0.1) is 17.3 Å². The van der Waals surface area contributed by atoms with Crippen LogP contribution in [-0.4, -0.2) is 45.5 Å². The number of likely N-dealkylation sites (tertiary alicyclic amines) is 1. The summed E-state index contributed by atoms with van der Waals surface area (Å²) in [5.74, 6) is 0.968. The van der Waals surface area contributed by atoms with Gasteiger partial charge in [-0.2, -0.15) is 5.10 Å². The van der Waals surface area contributed by atoms with Gasteiger partial charge in [-0.05, 0) is 51.2 Å². The molecule has 2 N–H and O–H groups in total. The number of fused-ring (bicyclic) bond motifs is 1. The molecule has 0 aliphatic carbocycles. The Morgan fingerprint density at radius 1 is 1.26 bits per heavy atom. The third-order valence-corrected chi connectivity index (χ3v) is 6.17. The molecule has 2 aromatic heterocycles. The number of nitrogens with zero attached hydrogens (tertiary/aromatic N) is 5. The predicted molar refractivity (Wildman–Crippen MR) is 125 cm³/mol. The van der Waals surface area contributed by atoms with Gasteiger partial charge in [0.1, 0.15) is 5.82 Å². The summed E-state index contributed by atoms with van der Waals surface area (Å²) in [7, 11) is 2.07. The van der Waals surface area contributed by atoms with Gasteiger partial charge in [-0.25, -0.2) is 9.50 Å². The predicted octanol–water partition coefficient (Wildman–Crippen LogP) is 4.14. The lowest BCUT2D eigenvalue weighted by Gasteiger charge is -2.35. The van der Waals surface area contributed by atoms with Crippen LogP contribution >= 0.6 is 0 Å². The third-order valence-electron chi connectivity index (χ3n) is 6.17. The molecule has 0 bridgehead atoms. The molecule has 3 aromatic rings. The molecular weight excluding hydrogens is 388 g/mol. The van der Waals surface area contributed by atoms with Crippen LogP contribution in [0.1, 0.15) is 65.8 Å². The minimum atomic E-state index is -0.0703. The van der Waals surface area contributed by atoms with Gasteiger partial charge >= 0.3 is 0 Å². The summed E-state index contributed by atoms with van der Waals surface area (Å²) in [6.07, 6.45) is 6.05. The number of piperidine rings is 1. The Bertz CT molecular complexity index is 1080. The molecule has 1 atom stereocenters. The van der Waals surface area contributed by atoms with Crippen molar-refractivity contribution in [3.63, 3.8) is 0 Å². The molecule has 4 rings (SSSR count). The number of aromatic nitrogens is 3. The van der Waals surface area contributed by atoms with Crippen molar-refractivity contribution in [2.24, 2.45) is 0 Å². The van der Waals surface area contributed by atoms with Crippen molar-refractivity contribution in [2.75, 3.05) is 30.8 Å². The maximum absolute atomic E-state index is 13.5. The zero-order valence-corrected chi connectivity index (χ0v) is 18.9. The second-order valence-corrected chi connectivity index (χ2v) is 8.59. The first-order chi connectivity index (χ1) is 14.9. The maximum Gasteiger partial charge on any atom is 0.256 e. The molecule has 1 aromatic carbocycles. The van der Waals surface area contributed by atoms with Gasteiger partial charge in [0.15, 0.2) is 5.65 Å². The molecule has 0 unspecified atom stereocenters. The number of carbonyl (C=O) groups is 1. The van der Waals surface area contributed by atoms with Crippen molar-refractivity contribution in [1.29, 1.82) is 0 Å². The van der Waals surface area contributed by atoms with E-state index >= 15 is 0 Å². The zero-order valence-electron chi connectivity index (χ0n) is 18.9. The molecule has 7 nitrogen and oxygen atoms in total. The van der Waals surface area contributed by atoms with E-state index in [1.54, 1.807) is 6.07 Å². The Labute approximate surface area is 183 Å². The standard InChI is InChI=1S/C24H32N6O/c1-5-12-28(4)23-17(3)15-30-21(26-23)14-19(27-30)20-11-6-7-13-29(20)24(31)22-16(2)9-8-10-18(22)25/h8-10,14-15,20H,5-7,11-13,25H2,1-4H3/t20-/m0/s1. The summed E-state index contributed by atoms with van der Waals surface area (Å²) < 4.78 is 1.84. The molecule has 164 valence electrons. The first kappa shape index (κ1) is 21.2. The quantitative estimate of drug-likeness (QED) is 0.628. The topological polar surface area (TPSA) is 79.8 Å². The first-order valence-corrected chi connectivity index (χ1v) is 11.1. The van der Waals surface area contributed by atoms with Crippen LogP contribution in [0.3, 0.4) is 0 Å². The third kappa shape index (κ3) is 3.96. The van der Waals surface area contributed by atoms with Crippen molar-refractivity contribution in [3.05, 3.63) is 52.8 Å². The number of aryl methyl sites for hydroxylation is 2. The van der Waals surface area contributed by atoms with Gasteiger partial charge in [-0.3, -0.25) is 4.79 Å². The van der Waals surface area contributed by atoms with Crippen molar-refractivity contribution >= 4 is 23.1 Å². The SMILES string of the molecule is CCCN(C)c1nc2cc([C@@H]3CCCCN3C(=O)c3c(C)cccc3N)nn2cc1C. The van der Waals surface area contributed by atoms with E-state index in [9.17, 15) is 4.79 Å². The second-order valence-electron chi connectivity index (χ2n) is 8.59. The average molecular weight is 421 g/mol. The normalized spacial score (nSPS) is 16.6. The van der Waals surface area contributed by atoms with Gasteiger partial charge in [0.25, 0.3) is 5.91 Å². The Balaban J connectivity index is 1.70. The van der Waals surface area contributed by atoms with E-state index in [2.05, 4.69) is 25.8 Å². The fraction of sp³-hybridized carbons (Fsp3) is 0.458. The van der Waals surface area contributed by atoms with E-state index in [0.717, 1.165) is 60.5 Å². The molecule has 0 spiro atoms. The summed E-state index contributed by atoms with van der Waals surface area (Å²) in [5, 5.41) is 4.83. The van der Waals surface area contributed by atoms with Gasteiger partial charge in [0, 0.05) is 43.7 Å². The largest absolute Gasteiger partial charge is 0.398 e. The summed E-state index contributed by atoms with van der Waals surface area (Å²) in [6, 6.07) is 7.58. The lowest BCUT2D eigenvalue weighted by molar-refractivity contribution is 0.0606. The van der Waals surface area contributed by atoms with Crippen LogP contribution in [0, 0.1) is 13.8 Å². The van der Waals surface area contributed by atoms with Crippen LogP contribution in [-0.2, 0) is 0 Å². The molecule has 3 heterocycles. The van der Waals surface area contributed by atoms with Crippen molar-refractivity contribution in [1.82, 2.24) is 19.5 Å². The van der Waals surface area contributed by atoms with E-state index in [-0.39, 0.29) is 11.9 Å². The molecule has 1 saturated heterocycles. The number of nitrogens with two attached hydrogens (primary N) is 1. The molecule has 31 heavy (non-hydrogen) atoms. The van der Waals surface area contributed by atoms with Crippen LogP contribution in [0.2, 0.25) is 0 Å². The number of benzene rings is 1. The van der Waals surface area contributed by atoms with Crippen LogP contribution < -0.4 is 10.6 Å². The van der Waals surface area contributed by atoms with Crippen molar-refractivity contribution in [3.8, 4) is 0 Å². The van der Waals surface area contributed by atoms with Crippen molar-refractivity contribution in [2.45, 2.75) is 52.5 Å². The molecule has 7 heteroatoms. The van der Waals surface area contributed by atoms with E-state index in [1.165, 1.54) is 0 Å². The van der Waals surface area contributed by atoms with Gasteiger partial charge in [0.2, 0.25) is 0 Å². The number of anilines is 2. The van der Waals surface area contributed by atoms with Crippen LogP contribution in [0.15, 0.2) is 30.5 Å². The molecule has 1 fully saturated rings. The molecular formula is C24H32N6O. The van der Waals surface area contributed by atoms with Gasteiger partial charge in [-0.15, -0.1) is 0 Å². The number of hydrogen-bond donors (Lipinski definition) is 1. The lowest BCUT2D eigenvalue weighted by Crippen LogP contribution is -2.39. The highest BCUT2D eigenvalue weighted by molar-refractivity contribution is 6.00. The number of hydrogen-bond acceptors (Lipinski definition) is 5. The Kier molecular flexibility index (Phi) is 5.85. The van der Waals surface area contributed by atoms with E-state index < -0.39 is 0 Å². The van der Waals surface area contributed by atoms with E-state index in [0.29, 0.717) is 17.8 Å². The maximum atomic E-state index is 13.5. The Morgan fingerprint density at radius 3 is 2.81 bits per heavy atom. The second kappa shape index (κ2) is 8.57. The smallest absolute Gasteiger partial charge is 0.256 e. The summed E-state index contributed by atoms with van der Waals surface area (Å²) in [5.41, 5.74) is 11.0.